The lowest BCUT2D eigenvalue weighted by atomic mass is 9.81. The molecule has 3 nitrogen and oxygen atoms in total. The Morgan fingerprint density at radius 2 is 1.90 bits per heavy atom. The van der Waals surface area contributed by atoms with Crippen LogP contribution in [0.25, 0.3) is 0 Å². The van der Waals surface area contributed by atoms with Crippen molar-refractivity contribution in [3.05, 3.63) is 11.0 Å². The van der Waals surface area contributed by atoms with Gasteiger partial charge in [0.05, 0.1) is 10.6 Å². The van der Waals surface area contributed by atoms with Crippen molar-refractivity contribution < 1.29 is 0 Å². The molecule has 0 bridgehead atoms. The molecular formula is C15H20ClN3S. The van der Waals surface area contributed by atoms with E-state index in [1.807, 2.05) is 11.8 Å². The maximum Gasteiger partial charge on any atom is 0.224 e. The molecule has 2 saturated carbocycles. The first-order valence-electron chi connectivity index (χ1n) is 7.76. The number of aromatic nitrogens is 2. The Balaban J connectivity index is 1.60. The third kappa shape index (κ3) is 2.31. The normalized spacial score (nSPS) is 24.4. The largest absolute Gasteiger partial charge is 0.366 e. The molecule has 1 aliphatic heterocycles. The number of nitrogens with zero attached hydrogens (tertiary/aromatic N) is 2. The van der Waals surface area contributed by atoms with Gasteiger partial charge in [-0.25, -0.2) is 4.98 Å². The highest BCUT2D eigenvalue weighted by Gasteiger charge is 2.45. The Hall–Kier alpha value is -0.480. The summed E-state index contributed by atoms with van der Waals surface area (Å²) in [5.41, 5.74) is 1.17. The molecule has 1 aromatic heterocycles. The molecule has 0 unspecified atom stereocenters. The molecule has 0 atom stereocenters. The topological polar surface area (TPSA) is 37.8 Å². The number of rotatable bonds is 2. The Morgan fingerprint density at radius 1 is 1.10 bits per heavy atom. The lowest BCUT2D eigenvalue weighted by Crippen LogP contribution is -2.32. The summed E-state index contributed by atoms with van der Waals surface area (Å²) in [7, 11) is 0. The molecular weight excluding hydrogens is 290 g/mol. The van der Waals surface area contributed by atoms with Crippen molar-refractivity contribution in [2.45, 2.75) is 73.5 Å². The van der Waals surface area contributed by atoms with Crippen LogP contribution in [0.3, 0.4) is 0 Å². The van der Waals surface area contributed by atoms with Gasteiger partial charge in [0.1, 0.15) is 5.82 Å². The molecule has 0 radical (unpaired) electrons. The first-order valence-corrected chi connectivity index (χ1v) is 8.96. The van der Waals surface area contributed by atoms with Gasteiger partial charge in [-0.15, -0.1) is 11.8 Å². The maximum absolute atomic E-state index is 6.13. The standard InChI is InChI=1S/C15H20ClN3S/c16-14-18-11-9-15(7-4-8-15)20-12(11)13(19-14)17-10-5-2-1-3-6-10/h10H,1-9H2,(H,17,18,19). The van der Waals surface area contributed by atoms with E-state index in [1.165, 1.54) is 62.0 Å². The minimum Gasteiger partial charge on any atom is -0.366 e. The summed E-state index contributed by atoms with van der Waals surface area (Å²) < 4.78 is 0.421. The Morgan fingerprint density at radius 3 is 2.60 bits per heavy atom. The average Bonchev–Trinajstić information content (AvgIpc) is 2.80. The number of hydrogen-bond donors (Lipinski definition) is 1. The van der Waals surface area contributed by atoms with Gasteiger partial charge in [-0.3, -0.25) is 0 Å². The molecule has 108 valence electrons. The molecule has 2 aliphatic carbocycles. The van der Waals surface area contributed by atoms with Crippen LogP contribution in [0.2, 0.25) is 5.28 Å². The van der Waals surface area contributed by atoms with Gasteiger partial charge in [0.15, 0.2) is 0 Å². The van der Waals surface area contributed by atoms with E-state index in [2.05, 4.69) is 15.3 Å². The number of thioether (sulfide) groups is 1. The van der Waals surface area contributed by atoms with Crippen LogP contribution < -0.4 is 5.32 Å². The van der Waals surface area contributed by atoms with Gasteiger partial charge >= 0.3 is 0 Å². The third-order valence-electron chi connectivity index (χ3n) is 4.93. The van der Waals surface area contributed by atoms with Crippen LogP contribution in [0.5, 0.6) is 0 Å². The van der Waals surface area contributed by atoms with Gasteiger partial charge in [0.25, 0.3) is 0 Å². The van der Waals surface area contributed by atoms with Crippen LogP contribution in [-0.4, -0.2) is 20.8 Å². The summed E-state index contributed by atoms with van der Waals surface area (Å²) in [6.45, 7) is 0. The number of nitrogens with one attached hydrogen (secondary N) is 1. The van der Waals surface area contributed by atoms with E-state index in [1.54, 1.807) is 0 Å². The third-order valence-corrected chi connectivity index (χ3v) is 6.72. The van der Waals surface area contributed by atoms with Crippen LogP contribution in [0, 0.1) is 0 Å². The van der Waals surface area contributed by atoms with Crippen molar-refractivity contribution in [1.29, 1.82) is 0 Å². The maximum atomic E-state index is 6.13. The molecule has 4 rings (SSSR count). The molecule has 0 aromatic carbocycles. The van der Waals surface area contributed by atoms with Crippen molar-refractivity contribution in [1.82, 2.24) is 9.97 Å². The van der Waals surface area contributed by atoms with Crippen molar-refractivity contribution in [2.75, 3.05) is 5.32 Å². The van der Waals surface area contributed by atoms with E-state index < -0.39 is 0 Å². The smallest absolute Gasteiger partial charge is 0.224 e. The predicted octanol–water partition coefficient (Wildman–Crippen LogP) is 4.45. The van der Waals surface area contributed by atoms with Gasteiger partial charge in [-0.05, 0) is 37.3 Å². The van der Waals surface area contributed by atoms with Crippen LogP contribution in [0.15, 0.2) is 4.90 Å². The average molecular weight is 310 g/mol. The monoisotopic (exact) mass is 309 g/mol. The van der Waals surface area contributed by atoms with Crippen molar-refractivity contribution in [3.8, 4) is 0 Å². The minimum absolute atomic E-state index is 0.402. The van der Waals surface area contributed by atoms with E-state index >= 15 is 0 Å². The lowest BCUT2D eigenvalue weighted by molar-refractivity contribution is 0.365. The zero-order valence-electron chi connectivity index (χ0n) is 11.6. The van der Waals surface area contributed by atoms with Crippen LogP contribution in [-0.2, 0) is 6.42 Å². The fourth-order valence-corrected chi connectivity index (χ4v) is 5.40. The fourth-order valence-electron chi connectivity index (χ4n) is 3.64. The SMILES string of the molecule is Clc1nc2c(c(NC3CCCCC3)n1)SC1(CCC1)C2. The van der Waals surface area contributed by atoms with E-state index in [9.17, 15) is 0 Å². The van der Waals surface area contributed by atoms with Crippen molar-refractivity contribution in [3.63, 3.8) is 0 Å². The molecule has 2 fully saturated rings. The first-order chi connectivity index (χ1) is 9.74. The second kappa shape index (κ2) is 5.06. The number of fused-ring (bicyclic) bond motifs is 1. The highest BCUT2D eigenvalue weighted by atomic mass is 35.5. The van der Waals surface area contributed by atoms with E-state index in [0.29, 0.717) is 16.1 Å². The Bertz CT molecular complexity index is 524. The molecule has 0 saturated heterocycles. The van der Waals surface area contributed by atoms with Gasteiger partial charge < -0.3 is 5.32 Å². The van der Waals surface area contributed by atoms with Crippen LogP contribution >= 0.6 is 23.4 Å². The Labute approximate surface area is 129 Å². The van der Waals surface area contributed by atoms with E-state index in [0.717, 1.165) is 12.2 Å². The number of halogens is 1. The highest BCUT2D eigenvalue weighted by Crippen LogP contribution is 2.57. The second-order valence-electron chi connectivity index (χ2n) is 6.41. The second-order valence-corrected chi connectivity index (χ2v) is 8.23. The number of anilines is 1. The summed E-state index contributed by atoms with van der Waals surface area (Å²) in [6.07, 6.45) is 11.6. The van der Waals surface area contributed by atoms with Gasteiger partial charge in [0, 0.05) is 17.2 Å². The van der Waals surface area contributed by atoms with Crippen molar-refractivity contribution in [2.24, 2.45) is 0 Å². The first kappa shape index (κ1) is 13.2. The van der Waals surface area contributed by atoms with Crippen LogP contribution in [0.1, 0.15) is 57.1 Å². The molecule has 20 heavy (non-hydrogen) atoms. The summed E-state index contributed by atoms with van der Waals surface area (Å²) in [6, 6.07) is 0.567. The van der Waals surface area contributed by atoms with E-state index in [4.69, 9.17) is 11.6 Å². The highest BCUT2D eigenvalue weighted by molar-refractivity contribution is 8.01. The summed E-state index contributed by atoms with van der Waals surface area (Å²) in [5.74, 6) is 1.00. The minimum atomic E-state index is 0.402. The van der Waals surface area contributed by atoms with Crippen LogP contribution in [0.4, 0.5) is 5.82 Å². The zero-order chi connectivity index (χ0) is 13.6. The van der Waals surface area contributed by atoms with E-state index in [-0.39, 0.29) is 0 Å². The Kier molecular flexibility index (Phi) is 3.34. The molecule has 2 heterocycles. The summed E-state index contributed by atoms with van der Waals surface area (Å²) >= 11 is 8.13. The molecule has 3 aliphatic rings. The summed E-state index contributed by atoms with van der Waals surface area (Å²) in [5, 5.41) is 4.05. The van der Waals surface area contributed by atoms with Gasteiger partial charge in [-0.2, -0.15) is 4.98 Å². The molecule has 1 aromatic rings. The quantitative estimate of drug-likeness (QED) is 0.819. The summed E-state index contributed by atoms with van der Waals surface area (Å²) in [4.78, 5) is 10.2. The molecule has 5 heteroatoms. The molecule has 1 spiro atoms. The zero-order valence-corrected chi connectivity index (χ0v) is 13.2. The predicted molar refractivity (Wildman–Crippen MR) is 83.7 cm³/mol. The van der Waals surface area contributed by atoms with Gasteiger partial charge in [0.2, 0.25) is 5.28 Å². The molecule has 0 amide bonds. The number of hydrogen-bond acceptors (Lipinski definition) is 4. The molecule has 1 N–H and O–H groups in total. The van der Waals surface area contributed by atoms with Gasteiger partial charge in [-0.1, -0.05) is 25.7 Å². The van der Waals surface area contributed by atoms with Crippen molar-refractivity contribution >= 4 is 29.2 Å². The fraction of sp³-hybridized carbons (Fsp3) is 0.733. The lowest BCUT2D eigenvalue weighted by Gasteiger charge is -2.36.